The lowest BCUT2D eigenvalue weighted by molar-refractivity contribution is 0.394. The average molecular weight is 177 g/mol. The van der Waals surface area contributed by atoms with Gasteiger partial charge in [0.25, 0.3) is 0 Å². The van der Waals surface area contributed by atoms with E-state index in [0.717, 1.165) is 6.04 Å². The minimum Gasteiger partial charge on any atom is -0.308 e. The van der Waals surface area contributed by atoms with Crippen LogP contribution in [0.1, 0.15) is 20.8 Å². The standard InChI is InChI=1S/C7H15NS2/c1-7(2,3)8-6-4-9-10-5-6/h6,8H,4-5H2,1-3H3. The normalized spacial score (nSPS) is 21.9. The Labute approximate surface area is 71.1 Å². The molecule has 0 aromatic carbocycles. The summed E-state index contributed by atoms with van der Waals surface area (Å²) in [6.45, 7) is 6.67. The second-order valence-electron chi connectivity index (χ2n) is 3.66. The van der Waals surface area contributed by atoms with Gasteiger partial charge < -0.3 is 5.32 Å². The van der Waals surface area contributed by atoms with Gasteiger partial charge in [-0.1, -0.05) is 21.6 Å². The monoisotopic (exact) mass is 177 g/mol. The number of nitrogens with one attached hydrogen (secondary N) is 1. The molecular formula is C7H15NS2. The quantitative estimate of drug-likeness (QED) is 0.616. The van der Waals surface area contributed by atoms with Crippen LogP contribution in [0, 0.1) is 0 Å². The molecule has 0 amide bonds. The molecule has 0 radical (unpaired) electrons. The van der Waals surface area contributed by atoms with Crippen LogP contribution in [0.4, 0.5) is 0 Å². The van der Waals surface area contributed by atoms with Crippen LogP contribution in [0.15, 0.2) is 0 Å². The molecule has 60 valence electrons. The van der Waals surface area contributed by atoms with Gasteiger partial charge in [-0.3, -0.25) is 0 Å². The van der Waals surface area contributed by atoms with Crippen LogP contribution >= 0.6 is 21.6 Å². The molecule has 1 nitrogen and oxygen atoms in total. The molecule has 10 heavy (non-hydrogen) atoms. The number of hydrogen-bond donors (Lipinski definition) is 1. The Kier molecular flexibility index (Phi) is 2.95. The van der Waals surface area contributed by atoms with Gasteiger partial charge in [0.15, 0.2) is 0 Å². The summed E-state index contributed by atoms with van der Waals surface area (Å²) in [7, 11) is 3.95. The van der Waals surface area contributed by atoms with E-state index in [1.165, 1.54) is 11.5 Å². The van der Waals surface area contributed by atoms with Gasteiger partial charge in [0.05, 0.1) is 0 Å². The molecular weight excluding hydrogens is 162 g/mol. The number of hydrogen-bond acceptors (Lipinski definition) is 3. The third-order valence-corrected chi connectivity index (χ3v) is 3.82. The highest BCUT2D eigenvalue weighted by molar-refractivity contribution is 8.77. The molecule has 0 aromatic heterocycles. The SMILES string of the molecule is CC(C)(C)NC1CSSC1. The van der Waals surface area contributed by atoms with Gasteiger partial charge in [-0.2, -0.15) is 0 Å². The fourth-order valence-corrected chi connectivity index (χ4v) is 3.64. The molecule has 1 aliphatic rings. The van der Waals surface area contributed by atoms with Crippen molar-refractivity contribution in [1.82, 2.24) is 5.32 Å². The summed E-state index contributed by atoms with van der Waals surface area (Å²) >= 11 is 0. The van der Waals surface area contributed by atoms with Crippen molar-refractivity contribution in [3.63, 3.8) is 0 Å². The van der Waals surface area contributed by atoms with E-state index in [1.807, 2.05) is 21.6 Å². The Morgan fingerprint density at radius 1 is 1.20 bits per heavy atom. The molecule has 0 unspecified atom stereocenters. The summed E-state index contributed by atoms with van der Waals surface area (Å²) in [4.78, 5) is 0. The van der Waals surface area contributed by atoms with E-state index < -0.39 is 0 Å². The van der Waals surface area contributed by atoms with E-state index in [9.17, 15) is 0 Å². The second kappa shape index (κ2) is 3.37. The zero-order valence-corrected chi connectivity index (χ0v) is 8.44. The lowest BCUT2D eigenvalue weighted by atomic mass is 10.1. The molecule has 1 aliphatic heterocycles. The smallest absolute Gasteiger partial charge is 0.0270 e. The van der Waals surface area contributed by atoms with E-state index in [4.69, 9.17) is 0 Å². The maximum Gasteiger partial charge on any atom is 0.0270 e. The van der Waals surface area contributed by atoms with Crippen molar-refractivity contribution >= 4 is 21.6 Å². The van der Waals surface area contributed by atoms with Crippen LogP contribution in [0.25, 0.3) is 0 Å². The summed E-state index contributed by atoms with van der Waals surface area (Å²) < 4.78 is 0. The topological polar surface area (TPSA) is 12.0 Å². The first-order chi connectivity index (χ1) is 4.58. The first-order valence-corrected chi connectivity index (χ1v) is 6.09. The zero-order chi connectivity index (χ0) is 7.61. The fraction of sp³-hybridized carbons (Fsp3) is 1.00. The van der Waals surface area contributed by atoms with Gasteiger partial charge in [-0.05, 0) is 20.8 Å². The average Bonchev–Trinajstić information content (AvgIpc) is 2.12. The molecule has 1 N–H and O–H groups in total. The lowest BCUT2D eigenvalue weighted by Gasteiger charge is -2.24. The second-order valence-corrected chi connectivity index (χ2v) is 6.21. The Morgan fingerprint density at radius 3 is 2.10 bits per heavy atom. The molecule has 1 heterocycles. The molecule has 3 heteroatoms. The van der Waals surface area contributed by atoms with Gasteiger partial charge in [-0.25, -0.2) is 0 Å². The molecule has 0 saturated carbocycles. The highest BCUT2D eigenvalue weighted by Gasteiger charge is 2.21. The molecule has 0 aromatic rings. The van der Waals surface area contributed by atoms with Crippen LogP contribution < -0.4 is 5.32 Å². The minimum atomic E-state index is 0.288. The van der Waals surface area contributed by atoms with E-state index in [0.29, 0.717) is 0 Å². The van der Waals surface area contributed by atoms with E-state index >= 15 is 0 Å². The lowest BCUT2D eigenvalue weighted by Crippen LogP contribution is -2.44. The predicted octanol–water partition coefficient (Wildman–Crippen LogP) is 2.14. The van der Waals surface area contributed by atoms with Crippen LogP contribution in [0.2, 0.25) is 0 Å². The van der Waals surface area contributed by atoms with Gasteiger partial charge in [0, 0.05) is 23.1 Å². The number of rotatable bonds is 1. The first-order valence-electron chi connectivity index (χ1n) is 3.60. The Morgan fingerprint density at radius 2 is 1.70 bits per heavy atom. The highest BCUT2D eigenvalue weighted by Crippen LogP contribution is 2.31. The molecule has 1 saturated heterocycles. The van der Waals surface area contributed by atoms with Gasteiger partial charge in [0.2, 0.25) is 0 Å². The van der Waals surface area contributed by atoms with Crippen molar-refractivity contribution in [2.75, 3.05) is 11.5 Å². The minimum absolute atomic E-state index is 0.288. The van der Waals surface area contributed by atoms with E-state index in [1.54, 1.807) is 0 Å². The van der Waals surface area contributed by atoms with Crippen molar-refractivity contribution in [1.29, 1.82) is 0 Å². The van der Waals surface area contributed by atoms with Crippen molar-refractivity contribution in [3.05, 3.63) is 0 Å². The van der Waals surface area contributed by atoms with Crippen LogP contribution in [-0.2, 0) is 0 Å². The maximum absolute atomic E-state index is 3.58. The molecule has 0 spiro atoms. The molecule has 0 atom stereocenters. The molecule has 1 rings (SSSR count). The molecule has 1 fully saturated rings. The van der Waals surface area contributed by atoms with E-state index in [-0.39, 0.29) is 5.54 Å². The van der Waals surface area contributed by atoms with Crippen molar-refractivity contribution in [3.8, 4) is 0 Å². The maximum atomic E-state index is 3.58. The van der Waals surface area contributed by atoms with Crippen LogP contribution in [0.5, 0.6) is 0 Å². The third kappa shape index (κ3) is 3.17. The summed E-state index contributed by atoms with van der Waals surface area (Å²) in [5, 5.41) is 3.58. The zero-order valence-electron chi connectivity index (χ0n) is 6.81. The summed E-state index contributed by atoms with van der Waals surface area (Å²) in [5.41, 5.74) is 0.288. The fourth-order valence-electron chi connectivity index (χ4n) is 1.00. The Bertz CT molecular complexity index is 103. The van der Waals surface area contributed by atoms with E-state index in [2.05, 4.69) is 26.1 Å². The van der Waals surface area contributed by atoms with Crippen molar-refractivity contribution in [2.45, 2.75) is 32.4 Å². The summed E-state index contributed by atoms with van der Waals surface area (Å²) in [6.07, 6.45) is 0. The largest absolute Gasteiger partial charge is 0.308 e. The van der Waals surface area contributed by atoms with Crippen LogP contribution in [0.3, 0.4) is 0 Å². The summed E-state index contributed by atoms with van der Waals surface area (Å²) in [6, 6.07) is 0.731. The van der Waals surface area contributed by atoms with Gasteiger partial charge in [0.1, 0.15) is 0 Å². The Balaban J connectivity index is 2.24. The van der Waals surface area contributed by atoms with Crippen molar-refractivity contribution in [2.24, 2.45) is 0 Å². The molecule has 0 bridgehead atoms. The predicted molar refractivity (Wildman–Crippen MR) is 51.6 cm³/mol. The van der Waals surface area contributed by atoms with Gasteiger partial charge in [-0.15, -0.1) is 0 Å². The highest BCUT2D eigenvalue weighted by atomic mass is 33.1. The first kappa shape index (κ1) is 8.75. The third-order valence-electron chi connectivity index (χ3n) is 1.26. The Hall–Kier alpha value is 0.660. The molecule has 0 aliphatic carbocycles. The summed E-state index contributed by atoms with van der Waals surface area (Å²) in [5.74, 6) is 2.53. The van der Waals surface area contributed by atoms with Crippen LogP contribution in [-0.4, -0.2) is 23.1 Å². The van der Waals surface area contributed by atoms with Crippen molar-refractivity contribution < 1.29 is 0 Å². The van der Waals surface area contributed by atoms with Gasteiger partial charge >= 0.3 is 0 Å².